The molecule has 56 heavy (non-hydrogen) atoms. The molecular formula is C43H69NO12. The van der Waals surface area contributed by atoms with Crippen molar-refractivity contribution in [2.24, 2.45) is 29.6 Å². The van der Waals surface area contributed by atoms with Gasteiger partial charge in [0, 0.05) is 52.0 Å². The molecule has 1 amide bonds. The third-order valence-corrected chi connectivity index (χ3v) is 12.9. The molecule has 0 aromatic rings. The van der Waals surface area contributed by atoms with E-state index in [0.717, 1.165) is 5.57 Å². The monoisotopic (exact) mass is 791 g/mol. The lowest BCUT2D eigenvalue weighted by atomic mass is 9.81. The van der Waals surface area contributed by atoms with E-state index >= 15 is 0 Å². The van der Waals surface area contributed by atoms with Gasteiger partial charge in [0.25, 0.3) is 11.7 Å². The number of allylic oxidation sites excluding steroid dienone is 3. The first-order valence-electron chi connectivity index (χ1n) is 20.8. The molecule has 0 aromatic heterocycles. The van der Waals surface area contributed by atoms with E-state index in [1.165, 1.54) is 19.1 Å². The number of Topliss-reactive ketones (excluding diaryl/α,β-unsaturated/α-hetero) is 2. The molecule has 3 fully saturated rings. The van der Waals surface area contributed by atoms with Gasteiger partial charge < -0.3 is 43.9 Å². The second-order valence-electron chi connectivity index (χ2n) is 17.2. The Morgan fingerprint density at radius 1 is 0.911 bits per heavy atom. The zero-order chi connectivity index (χ0) is 41.5. The summed E-state index contributed by atoms with van der Waals surface area (Å²) in [7, 11) is 4.63. The van der Waals surface area contributed by atoms with Crippen molar-refractivity contribution in [2.45, 2.75) is 167 Å². The molecular weight excluding hydrogens is 722 g/mol. The maximum absolute atomic E-state index is 14.3. The van der Waals surface area contributed by atoms with Gasteiger partial charge in [-0.3, -0.25) is 14.4 Å². The number of methoxy groups -OCH3 is 3. The third kappa shape index (κ3) is 10.7. The maximum Gasteiger partial charge on any atom is 0.329 e. The van der Waals surface area contributed by atoms with Gasteiger partial charge in [-0.15, -0.1) is 0 Å². The van der Waals surface area contributed by atoms with E-state index in [2.05, 4.69) is 6.92 Å². The molecule has 0 radical (unpaired) electrons. The Morgan fingerprint density at radius 2 is 1.57 bits per heavy atom. The fourth-order valence-electron chi connectivity index (χ4n) is 9.39. The van der Waals surface area contributed by atoms with Crippen LogP contribution in [0.5, 0.6) is 0 Å². The quantitative estimate of drug-likeness (QED) is 0.196. The fourth-order valence-corrected chi connectivity index (χ4v) is 9.39. The fraction of sp³-hybridized carbons (Fsp3) is 0.814. The molecule has 0 aromatic carbocycles. The van der Waals surface area contributed by atoms with E-state index in [-0.39, 0.29) is 49.5 Å². The first kappa shape index (κ1) is 46.2. The van der Waals surface area contributed by atoms with Gasteiger partial charge in [-0.2, -0.15) is 0 Å². The van der Waals surface area contributed by atoms with Crippen LogP contribution in [0.15, 0.2) is 23.3 Å². The summed E-state index contributed by atoms with van der Waals surface area (Å²) in [6.07, 6.45) is 3.72. The highest BCUT2D eigenvalue weighted by atomic mass is 16.7. The largest absolute Gasteiger partial charge is 0.456 e. The van der Waals surface area contributed by atoms with Gasteiger partial charge in [0.1, 0.15) is 24.0 Å². The van der Waals surface area contributed by atoms with Crippen LogP contribution < -0.4 is 0 Å². The summed E-state index contributed by atoms with van der Waals surface area (Å²) in [5, 5.41) is 34.1. The van der Waals surface area contributed by atoms with Crippen molar-refractivity contribution in [3.05, 3.63) is 23.3 Å². The summed E-state index contributed by atoms with van der Waals surface area (Å²) in [4.78, 5) is 57.6. The topological polar surface area (TPSA) is 178 Å². The minimum Gasteiger partial charge on any atom is -0.456 e. The predicted octanol–water partition coefficient (Wildman–Crippen LogP) is 4.47. The first-order chi connectivity index (χ1) is 26.5. The summed E-state index contributed by atoms with van der Waals surface area (Å²) in [6, 6.07) is -1.13. The molecule has 0 spiro atoms. The Labute approximate surface area is 333 Å². The molecule has 4 aliphatic rings. The Hall–Kier alpha value is -2.52. The van der Waals surface area contributed by atoms with Gasteiger partial charge in [0.2, 0.25) is 5.79 Å². The molecule has 1 aliphatic carbocycles. The summed E-state index contributed by atoms with van der Waals surface area (Å²) in [6.45, 7) is 11.3. The molecule has 3 aliphatic heterocycles. The van der Waals surface area contributed by atoms with Gasteiger partial charge >= 0.3 is 5.97 Å². The number of nitrogens with zero attached hydrogens (tertiary/aromatic N) is 1. The second kappa shape index (κ2) is 20.4. The molecule has 2 saturated heterocycles. The van der Waals surface area contributed by atoms with E-state index < -0.39 is 83.9 Å². The number of amides is 1. The number of hydrogen-bond acceptors (Lipinski definition) is 12. The number of aliphatic hydroxyl groups is 3. The van der Waals surface area contributed by atoms with Crippen LogP contribution in [0.25, 0.3) is 0 Å². The number of piperidine rings is 1. The van der Waals surface area contributed by atoms with E-state index in [4.69, 9.17) is 23.7 Å². The second-order valence-corrected chi connectivity index (χ2v) is 17.2. The average Bonchev–Trinajstić information content (AvgIpc) is 3.18. The number of rotatable bonds is 6. The summed E-state index contributed by atoms with van der Waals surface area (Å²) in [5.41, 5.74) is 1.66. The van der Waals surface area contributed by atoms with Crippen molar-refractivity contribution < 1.29 is 58.2 Å². The van der Waals surface area contributed by atoms with Crippen LogP contribution in [0.1, 0.15) is 112 Å². The average molecular weight is 792 g/mol. The van der Waals surface area contributed by atoms with E-state index in [1.54, 1.807) is 21.0 Å². The number of cyclic esters (lactones) is 1. The smallest absolute Gasteiger partial charge is 0.329 e. The van der Waals surface area contributed by atoms with E-state index in [0.29, 0.717) is 56.9 Å². The SMILES string of the molecule is CC[C@@H]1/C=C(/C)C[C@@H](C)C[C@H](OC)[C@H]2O[C@@](O)(C(=O)C(=O)N3CCCC[C@H]3C(=O)O[C@H](/C(C)=C/[C@@H]3CC[C@@H](O)[C@H](OC)C3)[C@H](C)[C@H](O)CC1=O)[C@H](C)C[C@@H]2OC. The van der Waals surface area contributed by atoms with E-state index in [9.17, 15) is 34.5 Å². The van der Waals surface area contributed by atoms with Crippen molar-refractivity contribution in [3.63, 3.8) is 0 Å². The molecule has 318 valence electrons. The zero-order valence-electron chi connectivity index (χ0n) is 35.1. The van der Waals surface area contributed by atoms with Gasteiger partial charge in [-0.25, -0.2) is 4.79 Å². The molecule has 13 heteroatoms. The number of ether oxygens (including phenoxy) is 5. The number of ketones is 2. The van der Waals surface area contributed by atoms with Gasteiger partial charge in [-0.1, -0.05) is 45.4 Å². The minimum absolute atomic E-state index is 0.000914. The third-order valence-electron chi connectivity index (χ3n) is 12.9. The predicted molar refractivity (Wildman–Crippen MR) is 208 cm³/mol. The molecule has 0 unspecified atom stereocenters. The Bertz CT molecular complexity index is 1430. The number of hydrogen-bond donors (Lipinski definition) is 3. The Balaban J connectivity index is 1.76. The van der Waals surface area contributed by atoms with Crippen LogP contribution in [-0.4, -0.2) is 126 Å². The standard InChI is InChI=1S/C43H69NO12/c1-10-30-18-24(2)17-25(3)19-36(53-8)39-37(54-9)21-27(5)43(51,56-39)40(48)41(49)44-16-12-11-13-31(44)42(50)55-38(28(6)33(46)23-34(30)47)26(4)20-29-14-15-32(45)35(22-29)52-7/h18,20,25,27-33,35-39,45-46,51H,10-17,19,21-23H2,1-9H3/b24-18-,26-20+/t25-,27-,28-,29+,30-,31+,32-,33-,35-,36+,37+,38-,39-,43-/m1/s1. The van der Waals surface area contributed by atoms with Crippen LogP contribution in [0.4, 0.5) is 0 Å². The highest BCUT2D eigenvalue weighted by Crippen LogP contribution is 2.39. The van der Waals surface area contributed by atoms with Crippen molar-refractivity contribution in [3.8, 4) is 0 Å². The Kier molecular flexibility index (Phi) is 16.9. The lowest BCUT2D eigenvalue weighted by Gasteiger charge is -2.47. The van der Waals surface area contributed by atoms with Gasteiger partial charge in [-0.05, 0) is 95.5 Å². The minimum atomic E-state index is -2.50. The van der Waals surface area contributed by atoms with E-state index in [1.807, 2.05) is 32.9 Å². The van der Waals surface area contributed by atoms with Crippen LogP contribution >= 0.6 is 0 Å². The van der Waals surface area contributed by atoms with Gasteiger partial charge in [0.05, 0.1) is 30.5 Å². The number of aliphatic hydroxyl groups excluding tert-OH is 2. The van der Waals surface area contributed by atoms with Crippen LogP contribution in [0, 0.1) is 29.6 Å². The normalized spacial score (nSPS) is 41.6. The molecule has 14 atom stereocenters. The van der Waals surface area contributed by atoms with Gasteiger partial charge in [0.15, 0.2) is 0 Å². The van der Waals surface area contributed by atoms with Crippen molar-refractivity contribution in [2.75, 3.05) is 27.9 Å². The van der Waals surface area contributed by atoms with Crippen LogP contribution in [0.3, 0.4) is 0 Å². The molecule has 3 N–H and O–H groups in total. The molecule has 13 nitrogen and oxygen atoms in total. The maximum atomic E-state index is 14.3. The summed E-state index contributed by atoms with van der Waals surface area (Å²) >= 11 is 0. The first-order valence-corrected chi connectivity index (χ1v) is 20.8. The molecule has 3 heterocycles. The molecule has 2 bridgehead atoms. The molecule has 1 saturated carbocycles. The zero-order valence-corrected chi connectivity index (χ0v) is 35.1. The Morgan fingerprint density at radius 3 is 2.21 bits per heavy atom. The van der Waals surface area contributed by atoms with Crippen molar-refractivity contribution in [1.29, 1.82) is 0 Å². The number of fused-ring (bicyclic) bond motifs is 3. The van der Waals surface area contributed by atoms with Crippen LogP contribution in [0.2, 0.25) is 0 Å². The van der Waals surface area contributed by atoms with Crippen LogP contribution in [-0.2, 0) is 42.9 Å². The number of esters is 1. The lowest BCUT2D eigenvalue weighted by molar-refractivity contribution is -0.302. The van der Waals surface area contributed by atoms with Crippen molar-refractivity contribution >= 4 is 23.4 Å². The number of carbonyl (C=O) groups excluding carboxylic acids is 4. The highest BCUT2D eigenvalue weighted by molar-refractivity contribution is 6.39. The number of carbonyl (C=O) groups is 4. The van der Waals surface area contributed by atoms with Crippen molar-refractivity contribution in [1.82, 2.24) is 4.90 Å². The summed E-state index contributed by atoms with van der Waals surface area (Å²) in [5.74, 6) is -7.50. The summed E-state index contributed by atoms with van der Waals surface area (Å²) < 4.78 is 29.7. The molecule has 4 rings (SSSR count). The highest BCUT2D eigenvalue weighted by Gasteiger charge is 2.56. The lowest BCUT2D eigenvalue weighted by Crippen LogP contribution is -2.64.